The topological polar surface area (TPSA) is 70.2 Å². The lowest BCUT2D eigenvalue weighted by molar-refractivity contribution is -0.110. The molecule has 3 aromatic carbocycles. The molecule has 5 heteroatoms. The standard InChI is InChI=1S/C22H17N3O2/c26-14-23-16-10-12-17(13-11-16)24-21(15-6-2-1-3-7-15)20-18-8-4-5-9-19(18)25-22(20)27/h1-14,24H,(H,23,26)(H,25,27). The van der Waals surface area contributed by atoms with Gasteiger partial charge in [0.15, 0.2) is 0 Å². The van der Waals surface area contributed by atoms with Gasteiger partial charge >= 0.3 is 0 Å². The number of fused-ring (bicyclic) bond motifs is 1. The van der Waals surface area contributed by atoms with Crippen LogP contribution in [0, 0.1) is 0 Å². The van der Waals surface area contributed by atoms with Crippen molar-refractivity contribution in [2.45, 2.75) is 0 Å². The first-order chi connectivity index (χ1) is 13.3. The predicted molar refractivity (Wildman–Crippen MR) is 108 cm³/mol. The Balaban J connectivity index is 1.81. The quantitative estimate of drug-likeness (QED) is 0.475. The highest BCUT2D eigenvalue weighted by atomic mass is 16.2. The van der Waals surface area contributed by atoms with Crippen molar-refractivity contribution < 1.29 is 9.59 Å². The van der Waals surface area contributed by atoms with Gasteiger partial charge in [0, 0.05) is 22.6 Å². The first-order valence-corrected chi connectivity index (χ1v) is 8.54. The number of carbonyl (C=O) groups excluding carboxylic acids is 2. The Kier molecular flexibility index (Phi) is 4.41. The van der Waals surface area contributed by atoms with E-state index in [1.807, 2.05) is 66.7 Å². The molecule has 132 valence electrons. The number of amides is 2. The van der Waals surface area contributed by atoms with Gasteiger partial charge in [-0.2, -0.15) is 0 Å². The zero-order valence-corrected chi connectivity index (χ0v) is 14.4. The largest absolute Gasteiger partial charge is 0.354 e. The summed E-state index contributed by atoms with van der Waals surface area (Å²) in [5.41, 5.74) is 5.44. The van der Waals surface area contributed by atoms with Crippen LogP contribution in [0.15, 0.2) is 78.9 Å². The lowest BCUT2D eigenvalue weighted by Gasteiger charge is -2.15. The lowest BCUT2D eigenvalue weighted by Crippen LogP contribution is -2.10. The molecule has 0 spiro atoms. The van der Waals surface area contributed by atoms with Crippen LogP contribution in [0.4, 0.5) is 17.1 Å². The minimum absolute atomic E-state index is 0.137. The van der Waals surface area contributed by atoms with Crippen molar-refractivity contribution in [3.8, 4) is 0 Å². The highest BCUT2D eigenvalue weighted by molar-refractivity contribution is 6.37. The van der Waals surface area contributed by atoms with Gasteiger partial charge in [0.1, 0.15) is 0 Å². The minimum Gasteiger partial charge on any atom is -0.354 e. The van der Waals surface area contributed by atoms with Crippen LogP contribution in [0.1, 0.15) is 11.1 Å². The van der Waals surface area contributed by atoms with E-state index in [0.717, 1.165) is 28.2 Å². The molecule has 0 fully saturated rings. The molecule has 0 saturated heterocycles. The van der Waals surface area contributed by atoms with Crippen LogP contribution in [0.2, 0.25) is 0 Å². The zero-order valence-electron chi connectivity index (χ0n) is 14.4. The van der Waals surface area contributed by atoms with E-state index in [1.165, 1.54) is 0 Å². The van der Waals surface area contributed by atoms with Crippen LogP contribution in [0.5, 0.6) is 0 Å². The van der Waals surface area contributed by atoms with Crippen molar-refractivity contribution in [3.05, 3.63) is 90.0 Å². The fourth-order valence-corrected chi connectivity index (χ4v) is 3.11. The molecule has 0 aromatic heterocycles. The molecule has 3 N–H and O–H groups in total. The molecule has 0 radical (unpaired) electrons. The van der Waals surface area contributed by atoms with Gasteiger partial charge in [0.25, 0.3) is 5.91 Å². The molecule has 0 bridgehead atoms. The van der Waals surface area contributed by atoms with Crippen LogP contribution in [-0.2, 0) is 9.59 Å². The van der Waals surface area contributed by atoms with E-state index in [1.54, 1.807) is 12.1 Å². The Morgan fingerprint density at radius 1 is 0.815 bits per heavy atom. The van der Waals surface area contributed by atoms with Crippen molar-refractivity contribution in [2.24, 2.45) is 0 Å². The summed E-state index contributed by atoms with van der Waals surface area (Å²) in [6.07, 6.45) is 0.638. The van der Waals surface area contributed by atoms with Gasteiger partial charge in [-0.25, -0.2) is 0 Å². The van der Waals surface area contributed by atoms with E-state index < -0.39 is 0 Å². The molecule has 1 aliphatic rings. The van der Waals surface area contributed by atoms with Gasteiger partial charge in [-0.3, -0.25) is 9.59 Å². The summed E-state index contributed by atoms with van der Waals surface area (Å²) in [5, 5.41) is 8.91. The van der Waals surface area contributed by atoms with Crippen molar-refractivity contribution in [1.82, 2.24) is 0 Å². The molecule has 5 nitrogen and oxygen atoms in total. The van der Waals surface area contributed by atoms with E-state index in [4.69, 9.17) is 0 Å². The van der Waals surface area contributed by atoms with Gasteiger partial charge in [-0.1, -0.05) is 48.5 Å². The molecular formula is C22H17N3O2. The van der Waals surface area contributed by atoms with Gasteiger partial charge in [0.2, 0.25) is 6.41 Å². The number of rotatable bonds is 5. The number of anilines is 3. The second-order valence-corrected chi connectivity index (χ2v) is 6.08. The number of para-hydroxylation sites is 1. The second-order valence-electron chi connectivity index (χ2n) is 6.08. The molecule has 3 aromatic rings. The number of benzene rings is 3. The number of hydrogen-bond donors (Lipinski definition) is 3. The summed E-state index contributed by atoms with van der Waals surface area (Å²) in [6, 6.07) is 24.7. The average Bonchev–Trinajstić information content (AvgIpc) is 3.04. The summed E-state index contributed by atoms with van der Waals surface area (Å²) in [7, 11) is 0. The van der Waals surface area contributed by atoms with Crippen molar-refractivity contribution in [1.29, 1.82) is 0 Å². The van der Waals surface area contributed by atoms with Crippen LogP contribution in [0.3, 0.4) is 0 Å². The highest BCUT2D eigenvalue weighted by Crippen LogP contribution is 2.37. The van der Waals surface area contributed by atoms with Crippen LogP contribution in [-0.4, -0.2) is 12.3 Å². The van der Waals surface area contributed by atoms with Crippen molar-refractivity contribution >= 4 is 40.6 Å². The highest BCUT2D eigenvalue weighted by Gasteiger charge is 2.27. The molecule has 4 rings (SSSR count). The number of carbonyl (C=O) groups is 2. The van der Waals surface area contributed by atoms with Crippen LogP contribution in [0.25, 0.3) is 11.3 Å². The monoisotopic (exact) mass is 355 g/mol. The Labute approximate surface area is 156 Å². The van der Waals surface area contributed by atoms with Crippen molar-refractivity contribution in [3.63, 3.8) is 0 Å². The minimum atomic E-state index is -0.137. The lowest BCUT2D eigenvalue weighted by atomic mass is 10.00. The smallest absolute Gasteiger partial charge is 0.258 e. The van der Waals surface area contributed by atoms with E-state index in [-0.39, 0.29) is 5.91 Å². The molecule has 0 aliphatic carbocycles. The maximum Gasteiger partial charge on any atom is 0.258 e. The third-order valence-corrected chi connectivity index (χ3v) is 4.36. The normalized spacial score (nSPS) is 14.1. The van der Waals surface area contributed by atoms with Gasteiger partial charge in [-0.15, -0.1) is 0 Å². The van der Waals surface area contributed by atoms with Gasteiger partial charge < -0.3 is 16.0 Å². The van der Waals surface area contributed by atoms with Crippen molar-refractivity contribution in [2.75, 3.05) is 16.0 Å². The second kappa shape index (κ2) is 7.17. The average molecular weight is 355 g/mol. The maximum atomic E-state index is 12.7. The van der Waals surface area contributed by atoms with Gasteiger partial charge in [0.05, 0.1) is 11.3 Å². The molecule has 1 aliphatic heterocycles. The first kappa shape index (κ1) is 16.6. The fraction of sp³-hybridized carbons (Fsp3) is 0. The van der Waals surface area contributed by atoms with Crippen LogP contribution < -0.4 is 16.0 Å². The Morgan fingerprint density at radius 3 is 2.22 bits per heavy atom. The third kappa shape index (κ3) is 3.30. The molecule has 0 atom stereocenters. The molecule has 27 heavy (non-hydrogen) atoms. The Morgan fingerprint density at radius 2 is 1.48 bits per heavy atom. The SMILES string of the molecule is O=CNc1ccc(NC(=C2C(=O)Nc3ccccc32)c2ccccc2)cc1. The first-order valence-electron chi connectivity index (χ1n) is 8.54. The molecule has 0 saturated carbocycles. The predicted octanol–water partition coefficient (Wildman–Crippen LogP) is 4.19. The summed E-state index contributed by atoms with van der Waals surface area (Å²) in [6.45, 7) is 0. The van der Waals surface area contributed by atoms with E-state index in [2.05, 4.69) is 16.0 Å². The van der Waals surface area contributed by atoms with E-state index >= 15 is 0 Å². The summed E-state index contributed by atoms with van der Waals surface area (Å²) < 4.78 is 0. The molecule has 2 amide bonds. The third-order valence-electron chi connectivity index (χ3n) is 4.36. The van der Waals surface area contributed by atoms with E-state index in [0.29, 0.717) is 17.7 Å². The maximum absolute atomic E-state index is 12.7. The molecule has 1 heterocycles. The fourth-order valence-electron chi connectivity index (χ4n) is 3.11. The van der Waals surface area contributed by atoms with Crippen LogP contribution >= 0.6 is 0 Å². The Hall–Kier alpha value is -3.86. The molecule has 0 unspecified atom stereocenters. The summed E-state index contributed by atoms with van der Waals surface area (Å²) >= 11 is 0. The van der Waals surface area contributed by atoms with E-state index in [9.17, 15) is 9.59 Å². The van der Waals surface area contributed by atoms with Gasteiger partial charge in [-0.05, 0) is 35.9 Å². The number of nitrogens with one attached hydrogen (secondary N) is 3. The zero-order chi connectivity index (χ0) is 18.6. The summed E-state index contributed by atoms with van der Waals surface area (Å²) in [4.78, 5) is 23.3. The molecular weight excluding hydrogens is 338 g/mol. The number of hydrogen-bond acceptors (Lipinski definition) is 3. The summed E-state index contributed by atoms with van der Waals surface area (Å²) in [5.74, 6) is -0.137. The Bertz CT molecular complexity index is 1020.